The standard InChI is InChI=1S/C16H17ClN4O2S.C14H10ClN3O/c1-3-24(22,23)19-9-11-6-13(10-18-8-11)14-7-12-4-5-15(17)20-16(12)21(14)2;1-18-12(11-4-9(8-19)6-16-7-11)5-10-2-3-13(15)17-14(10)18/h4-8,10,19H,3,9H2,1-2H3;2-8H,1H3. The number of aldehydes is 1. The normalized spacial score (nSPS) is 11.5. The van der Waals surface area contributed by atoms with Crippen LogP contribution in [0.25, 0.3) is 44.6 Å². The van der Waals surface area contributed by atoms with Crippen LogP contribution in [0.5, 0.6) is 0 Å². The second kappa shape index (κ2) is 12.6. The molecule has 13 heteroatoms. The number of aryl methyl sites for hydroxylation is 2. The van der Waals surface area contributed by atoms with Gasteiger partial charge in [-0.05, 0) is 61.0 Å². The highest BCUT2D eigenvalue weighted by atomic mass is 35.5. The Morgan fingerprint density at radius 2 is 1.33 bits per heavy atom. The average Bonchev–Trinajstić information content (AvgIpc) is 3.52. The van der Waals surface area contributed by atoms with Gasteiger partial charge in [0.05, 0.1) is 17.1 Å². The Morgan fingerprint density at radius 1 is 0.791 bits per heavy atom. The summed E-state index contributed by atoms with van der Waals surface area (Å²) in [6.07, 6.45) is 7.44. The van der Waals surface area contributed by atoms with Gasteiger partial charge >= 0.3 is 0 Å². The number of carbonyl (C=O) groups is 1. The molecule has 0 atom stereocenters. The first-order valence-corrected chi connectivity index (χ1v) is 15.6. The van der Waals surface area contributed by atoms with Gasteiger partial charge in [-0.2, -0.15) is 0 Å². The number of hydrogen-bond donors (Lipinski definition) is 1. The maximum Gasteiger partial charge on any atom is 0.211 e. The van der Waals surface area contributed by atoms with Crippen molar-refractivity contribution >= 4 is 61.6 Å². The highest BCUT2D eigenvalue weighted by Gasteiger charge is 2.12. The first kappa shape index (κ1) is 30.3. The predicted octanol–water partition coefficient (Wildman–Crippen LogP) is 5.83. The van der Waals surface area contributed by atoms with Crippen molar-refractivity contribution in [1.82, 2.24) is 33.8 Å². The minimum absolute atomic E-state index is 0.0513. The summed E-state index contributed by atoms with van der Waals surface area (Å²) >= 11 is 11.9. The van der Waals surface area contributed by atoms with Gasteiger partial charge < -0.3 is 9.13 Å². The van der Waals surface area contributed by atoms with E-state index < -0.39 is 10.0 Å². The summed E-state index contributed by atoms with van der Waals surface area (Å²) in [5, 5.41) is 2.88. The summed E-state index contributed by atoms with van der Waals surface area (Å²) in [4.78, 5) is 27.7. The van der Waals surface area contributed by atoms with Crippen LogP contribution >= 0.6 is 23.2 Å². The highest BCUT2D eigenvalue weighted by Crippen LogP contribution is 2.28. The monoisotopic (exact) mass is 635 g/mol. The number of fused-ring (bicyclic) bond motifs is 2. The van der Waals surface area contributed by atoms with E-state index >= 15 is 0 Å². The van der Waals surface area contributed by atoms with Crippen LogP contribution in [-0.4, -0.2) is 49.5 Å². The van der Waals surface area contributed by atoms with E-state index in [-0.39, 0.29) is 12.3 Å². The first-order chi connectivity index (χ1) is 20.6. The van der Waals surface area contributed by atoms with E-state index in [1.165, 1.54) is 6.20 Å². The second-order valence-electron chi connectivity index (χ2n) is 9.70. The number of nitrogens with one attached hydrogen (secondary N) is 1. The third-order valence-electron chi connectivity index (χ3n) is 6.84. The number of hydrogen-bond acceptors (Lipinski definition) is 7. The molecule has 0 aliphatic heterocycles. The third kappa shape index (κ3) is 6.75. The Labute approximate surface area is 258 Å². The van der Waals surface area contributed by atoms with Gasteiger partial charge in [0, 0.05) is 72.9 Å². The van der Waals surface area contributed by atoms with Gasteiger partial charge in [0.15, 0.2) is 6.29 Å². The molecule has 220 valence electrons. The second-order valence-corrected chi connectivity index (χ2v) is 12.6. The maximum absolute atomic E-state index is 11.6. The average molecular weight is 637 g/mol. The summed E-state index contributed by atoms with van der Waals surface area (Å²) < 4.78 is 29.6. The maximum atomic E-state index is 11.6. The Bertz CT molecular complexity index is 2070. The smallest absolute Gasteiger partial charge is 0.211 e. The zero-order valence-electron chi connectivity index (χ0n) is 23.5. The van der Waals surface area contributed by atoms with E-state index in [1.807, 2.05) is 53.6 Å². The number of nitrogens with zero attached hydrogens (tertiary/aromatic N) is 6. The SMILES string of the molecule is CCS(=O)(=O)NCc1cncc(-c2cc3ccc(Cl)nc3n2C)c1.Cn1c(-c2cncc(C=O)c2)cc2ccc(Cl)nc21. The number of sulfonamides is 1. The Morgan fingerprint density at radius 3 is 1.86 bits per heavy atom. The van der Waals surface area contributed by atoms with Gasteiger partial charge in [-0.25, -0.2) is 23.1 Å². The molecule has 1 N–H and O–H groups in total. The molecule has 0 bridgehead atoms. The molecule has 0 radical (unpaired) electrons. The minimum atomic E-state index is -3.24. The third-order valence-corrected chi connectivity index (χ3v) is 8.61. The molecule has 0 fully saturated rings. The summed E-state index contributed by atoms with van der Waals surface area (Å²) in [5.74, 6) is 0.0513. The van der Waals surface area contributed by atoms with E-state index in [2.05, 4.69) is 24.7 Å². The summed E-state index contributed by atoms with van der Waals surface area (Å²) in [6, 6.07) is 15.1. The molecule has 10 nitrogen and oxygen atoms in total. The van der Waals surface area contributed by atoms with Gasteiger partial charge in [-0.15, -0.1) is 0 Å². The van der Waals surface area contributed by atoms with Crippen molar-refractivity contribution < 1.29 is 13.2 Å². The molecule has 0 amide bonds. The van der Waals surface area contributed by atoms with E-state index in [4.69, 9.17) is 23.2 Å². The molecule has 6 aromatic rings. The van der Waals surface area contributed by atoms with Gasteiger partial charge in [0.1, 0.15) is 21.6 Å². The zero-order chi connectivity index (χ0) is 30.7. The Hall–Kier alpha value is -4.16. The molecule has 0 spiro atoms. The Balaban J connectivity index is 0.000000176. The summed E-state index contributed by atoms with van der Waals surface area (Å²) in [6.45, 7) is 1.82. The number of halogens is 2. The van der Waals surface area contributed by atoms with Crippen molar-refractivity contribution in [2.75, 3.05) is 5.75 Å². The van der Waals surface area contributed by atoms with Crippen molar-refractivity contribution in [1.29, 1.82) is 0 Å². The number of carbonyl (C=O) groups excluding carboxylic acids is 1. The lowest BCUT2D eigenvalue weighted by Gasteiger charge is -2.07. The van der Waals surface area contributed by atoms with Crippen LogP contribution < -0.4 is 4.72 Å². The number of rotatable bonds is 7. The van der Waals surface area contributed by atoms with Gasteiger partial charge in [0.2, 0.25) is 10.0 Å². The first-order valence-electron chi connectivity index (χ1n) is 13.1. The number of pyridine rings is 4. The number of aromatic nitrogens is 6. The molecule has 0 saturated heterocycles. The zero-order valence-corrected chi connectivity index (χ0v) is 25.8. The van der Waals surface area contributed by atoms with Crippen LogP contribution in [0.1, 0.15) is 22.8 Å². The molecule has 0 unspecified atom stereocenters. The van der Waals surface area contributed by atoms with E-state index in [0.29, 0.717) is 15.9 Å². The van der Waals surface area contributed by atoms with Crippen LogP contribution in [0.4, 0.5) is 0 Å². The molecule has 6 heterocycles. The van der Waals surface area contributed by atoms with Crippen molar-refractivity contribution in [3.05, 3.63) is 94.8 Å². The van der Waals surface area contributed by atoms with Crippen LogP contribution in [-0.2, 0) is 30.7 Å². The van der Waals surface area contributed by atoms with Crippen molar-refractivity contribution in [2.24, 2.45) is 14.1 Å². The fourth-order valence-corrected chi connectivity index (χ4v) is 5.46. The molecule has 6 aromatic heterocycles. The molecule has 0 aliphatic rings. The van der Waals surface area contributed by atoms with Crippen LogP contribution in [0, 0.1) is 0 Å². The van der Waals surface area contributed by atoms with E-state index in [1.54, 1.807) is 43.7 Å². The van der Waals surface area contributed by atoms with Crippen LogP contribution in [0.3, 0.4) is 0 Å². The predicted molar refractivity (Wildman–Crippen MR) is 170 cm³/mol. The van der Waals surface area contributed by atoms with Gasteiger partial charge in [-0.1, -0.05) is 23.2 Å². The largest absolute Gasteiger partial charge is 0.328 e. The molecule has 43 heavy (non-hydrogen) atoms. The van der Waals surface area contributed by atoms with Crippen LogP contribution in [0.2, 0.25) is 10.3 Å². The molecule has 0 aromatic carbocycles. The highest BCUT2D eigenvalue weighted by molar-refractivity contribution is 7.89. The fraction of sp³-hybridized carbons (Fsp3) is 0.167. The van der Waals surface area contributed by atoms with Crippen molar-refractivity contribution in [3.8, 4) is 22.5 Å². The fourth-order valence-electron chi connectivity index (χ4n) is 4.59. The minimum Gasteiger partial charge on any atom is -0.328 e. The van der Waals surface area contributed by atoms with E-state index in [0.717, 1.165) is 56.4 Å². The van der Waals surface area contributed by atoms with Gasteiger partial charge in [-0.3, -0.25) is 14.8 Å². The molecule has 0 aliphatic carbocycles. The molecular formula is C30H27Cl2N7O3S. The quantitative estimate of drug-likeness (QED) is 0.173. The van der Waals surface area contributed by atoms with Crippen molar-refractivity contribution in [2.45, 2.75) is 13.5 Å². The van der Waals surface area contributed by atoms with Gasteiger partial charge in [0.25, 0.3) is 0 Å². The lowest BCUT2D eigenvalue weighted by atomic mass is 10.1. The van der Waals surface area contributed by atoms with Crippen LogP contribution in [0.15, 0.2) is 73.3 Å². The molecule has 6 rings (SSSR count). The van der Waals surface area contributed by atoms with Crippen molar-refractivity contribution in [3.63, 3.8) is 0 Å². The molecular weight excluding hydrogens is 609 g/mol. The molecule has 0 saturated carbocycles. The topological polar surface area (TPSA) is 125 Å². The Kier molecular flexibility index (Phi) is 8.88. The lowest BCUT2D eigenvalue weighted by molar-refractivity contribution is 0.112. The summed E-state index contributed by atoms with van der Waals surface area (Å²) in [5.41, 5.74) is 6.58. The summed E-state index contributed by atoms with van der Waals surface area (Å²) in [7, 11) is 0.585. The lowest BCUT2D eigenvalue weighted by Crippen LogP contribution is -2.24. The van der Waals surface area contributed by atoms with E-state index in [9.17, 15) is 13.2 Å².